The summed E-state index contributed by atoms with van der Waals surface area (Å²) in [5.74, 6) is -0.268. The Morgan fingerprint density at radius 2 is 1.79 bits per heavy atom. The summed E-state index contributed by atoms with van der Waals surface area (Å²) >= 11 is 0. The number of carbonyl (C=O) groups excluding carboxylic acids is 3. The summed E-state index contributed by atoms with van der Waals surface area (Å²) in [7, 11) is 1.59. The zero-order valence-electron chi connectivity index (χ0n) is 19.3. The van der Waals surface area contributed by atoms with E-state index in [4.69, 9.17) is 9.47 Å². The standard InChI is InChI=1S/C26H32N2O5/c1-3-33-26(31)21-10-7-15-28(18-21)25(30)23(16-19-8-5-4-6-9-19)27-24(29)17-20-11-13-22(32-2)14-12-20/h4-6,8-9,11-14,21,23H,3,7,10,15-18H2,1-2H3,(H,27,29). The van der Waals surface area contributed by atoms with E-state index in [0.29, 0.717) is 32.5 Å². The summed E-state index contributed by atoms with van der Waals surface area (Å²) < 4.78 is 10.3. The number of hydrogen-bond donors (Lipinski definition) is 1. The van der Waals surface area contributed by atoms with Crippen molar-refractivity contribution < 1.29 is 23.9 Å². The molecule has 0 aromatic heterocycles. The minimum atomic E-state index is -0.709. The zero-order chi connectivity index (χ0) is 23.6. The van der Waals surface area contributed by atoms with Crippen LogP contribution < -0.4 is 10.1 Å². The SMILES string of the molecule is CCOC(=O)C1CCCN(C(=O)C(Cc2ccccc2)NC(=O)Cc2ccc(OC)cc2)C1. The predicted molar refractivity (Wildman–Crippen MR) is 125 cm³/mol. The van der Waals surface area contributed by atoms with Gasteiger partial charge in [0, 0.05) is 19.5 Å². The number of nitrogens with zero attached hydrogens (tertiary/aromatic N) is 1. The first-order valence-electron chi connectivity index (χ1n) is 11.4. The van der Waals surface area contributed by atoms with Crippen LogP contribution in [0.5, 0.6) is 5.75 Å². The van der Waals surface area contributed by atoms with Crippen LogP contribution in [0, 0.1) is 5.92 Å². The number of carbonyl (C=O) groups is 3. The average molecular weight is 453 g/mol. The lowest BCUT2D eigenvalue weighted by molar-refractivity contribution is -0.152. The van der Waals surface area contributed by atoms with Gasteiger partial charge in [-0.2, -0.15) is 0 Å². The first kappa shape index (κ1) is 24.3. The van der Waals surface area contributed by atoms with E-state index in [0.717, 1.165) is 23.3 Å². The summed E-state index contributed by atoms with van der Waals surface area (Å²) in [6.45, 7) is 2.98. The van der Waals surface area contributed by atoms with E-state index in [2.05, 4.69) is 5.32 Å². The molecule has 7 nitrogen and oxygen atoms in total. The molecule has 0 spiro atoms. The minimum absolute atomic E-state index is 0.161. The molecule has 2 aromatic rings. The maximum absolute atomic E-state index is 13.4. The number of amides is 2. The van der Waals surface area contributed by atoms with Crippen LogP contribution in [0.1, 0.15) is 30.9 Å². The molecule has 2 unspecified atom stereocenters. The molecule has 1 fully saturated rings. The van der Waals surface area contributed by atoms with Crippen LogP contribution in [0.3, 0.4) is 0 Å². The molecule has 176 valence electrons. The van der Waals surface area contributed by atoms with Crippen molar-refractivity contribution in [2.45, 2.75) is 38.6 Å². The molecule has 2 aromatic carbocycles. The molecular weight excluding hydrogens is 420 g/mol. The molecule has 1 N–H and O–H groups in total. The summed E-state index contributed by atoms with van der Waals surface area (Å²) in [5, 5.41) is 2.93. The summed E-state index contributed by atoms with van der Waals surface area (Å²) in [6, 6.07) is 16.2. The molecule has 1 aliphatic rings. The molecule has 0 bridgehead atoms. The van der Waals surface area contributed by atoms with Crippen LogP contribution in [-0.2, 0) is 32.0 Å². The zero-order valence-corrected chi connectivity index (χ0v) is 19.3. The molecule has 33 heavy (non-hydrogen) atoms. The van der Waals surface area contributed by atoms with Crippen LogP contribution in [0.4, 0.5) is 0 Å². The second-order valence-corrected chi connectivity index (χ2v) is 8.21. The molecule has 0 aliphatic carbocycles. The van der Waals surface area contributed by atoms with Gasteiger partial charge >= 0.3 is 5.97 Å². The predicted octanol–water partition coefficient (Wildman–Crippen LogP) is 2.77. The number of esters is 1. The molecular formula is C26H32N2O5. The molecule has 3 rings (SSSR count). The third-order valence-electron chi connectivity index (χ3n) is 5.79. The molecule has 0 saturated carbocycles. The second kappa shape index (κ2) is 12.0. The number of hydrogen-bond acceptors (Lipinski definition) is 5. The first-order chi connectivity index (χ1) is 16.0. The largest absolute Gasteiger partial charge is 0.497 e. The van der Waals surface area contributed by atoms with Gasteiger partial charge in [0.2, 0.25) is 11.8 Å². The van der Waals surface area contributed by atoms with Crippen molar-refractivity contribution in [3.8, 4) is 5.75 Å². The van der Waals surface area contributed by atoms with E-state index in [1.54, 1.807) is 31.1 Å². The fourth-order valence-electron chi connectivity index (χ4n) is 4.07. The highest BCUT2D eigenvalue weighted by Crippen LogP contribution is 2.20. The third-order valence-corrected chi connectivity index (χ3v) is 5.79. The minimum Gasteiger partial charge on any atom is -0.497 e. The monoisotopic (exact) mass is 452 g/mol. The van der Waals surface area contributed by atoms with Gasteiger partial charge in [-0.05, 0) is 43.0 Å². The Morgan fingerprint density at radius 1 is 1.06 bits per heavy atom. The van der Waals surface area contributed by atoms with Gasteiger partial charge in [0.25, 0.3) is 0 Å². The van der Waals surface area contributed by atoms with Crippen LogP contribution in [0.25, 0.3) is 0 Å². The van der Waals surface area contributed by atoms with E-state index in [1.165, 1.54) is 0 Å². The van der Waals surface area contributed by atoms with Gasteiger partial charge in [0.1, 0.15) is 11.8 Å². The average Bonchev–Trinajstić information content (AvgIpc) is 2.84. The van der Waals surface area contributed by atoms with Crippen LogP contribution in [-0.4, -0.2) is 55.5 Å². The summed E-state index contributed by atoms with van der Waals surface area (Å²) in [6.07, 6.45) is 1.98. The van der Waals surface area contributed by atoms with Crippen molar-refractivity contribution in [1.29, 1.82) is 0 Å². The topological polar surface area (TPSA) is 84.9 Å². The van der Waals surface area contributed by atoms with Crippen molar-refractivity contribution >= 4 is 17.8 Å². The second-order valence-electron chi connectivity index (χ2n) is 8.21. The molecule has 7 heteroatoms. The third kappa shape index (κ3) is 7.07. The van der Waals surface area contributed by atoms with E-state index in [-0.39, 0.29) is 30.1 Å². The lowest BCUT2D eigenvalue weighted by Crippen LogP contribution is -2.53. The fourth-order valence-corrected chi connectivity index (χ4v) is 4.07. The van der Waals surface area contributed by atoms with Gasteiger partial charge in [0.05, 0.1) is 26.1 Å². The maximum atomic E-state index is 13.4. The summed E-state index contributed by atoms with van der Waals surface area (Å²) in [4.78, 5) is 40.2. The van der Waals surface area contributed by atoms with Crippen molar-refractivity contribution in [2.24, 2.45) is 5.92 Å². The van der Waals surface area contributed by atoms with Gasteiger partial charge in [-0.3, -0.25) is 14.4 Å². The molecule has 2 amide bonds. The van der Waals surface area contributed by atoms with Gasteiger partial charge in [0.15, 0.2) is 0 Å². The number of piperidine rings is 1. The molecule has 1 saturated heterocycles. The van der Waals surface area contributed by atoms with Gasteiger partial charge in [-0.25, -0.2) is 0 Å². The van der Waals surface area contributed by atoms with Crippen molar-refractivity contribution in [3.63, 3.8) is 0 Å². The quantitative estimate of drug-likeness (QED) is 0.592. The highest BCUT2D eigenvalue weighted by molar-refractivity contribution is 5.89. The highest BCUT2D eigenvalue weighted by atomic mass is 16.5. The highest BCUT2D eigenvalue weighted by Gasteiger charge is 2.33. The molecule has 0 radical (unpaired) electrons. The molecule has 1 heterocycles. The number of ether oxygens (including phenoxy) is 2. The van der Waals surface area contributed by atoms with Crippen LogP contribution >= 0.6 is 0 Å². The number of benzene rings is 2. The number of likely N-dealkylation sites (tertiary alicyclic amines) is 1. The molecule has 2 atom stereocenters. The van der Waals surface area contributed by atoms with Crippen LogP contribution in [0.15, 0.2) is 54.6 Å². The van der Waals surface area contributed by atoms with E-state index in [1.807, 2.05) is 42.5 Å². The lowest BCUT2D eigenvalue weighted by Gasteiger charge is -2.34. The molecule has 1 aliphatic heterocycles. The Morgan fingerprint density at radius 3 is 2.45 bits per heavy atom. The van der Waals surface area contributed by atoms with Gasteiger partial charge in [-0.15, -0.1) is 0 Å². The number of nitrogens with one attached hydrogen (secondary N) is 1. The number of rotatable bonds is 9. The van der Waals surface area contributed by atoms with Crippen molar-refractivity contribution in [2.75, 3.05) is 26.8 Å². The fraction of sp³-hybridized carbons (Fsp3) is 0.423. The van der Waals surface area contributed by atoms with E-state index in [9.17, 15) is 14.4 Å². The first-order valence-corrected chi connectivity index (χ1v) is 11.4. The maximum Gasteiger partial charge on any atom is 0.310 e. The van der Waals surface area contributed by atoms with Gasteiger partial charge < -0.3 is 19.7 Å². The van der Waals surface area contributed by atoms with E-state index < -0.39 is 6.04 Å². The lowest BCUT2D eigenvalue weighted by atomic mass is 9.96. The Balaban J connectivity index is 1.70. The van der Waals surface area contributed by atoms with E-state index >= 15 is 0 Å². The Hall–Kier alpha value is -3.35. The number of methoxy groups -OCH3 is 1. The van der Waals surface area contributed by atoms with Crippen molar-refractivity contribution in [3.05, 3.63) is 65.7 Å². The summed E-state index contributed by atoms with van der Waals surface area (Å²) in [5.41, 5.74) is 1.79. The normalized spacial score (nSPS) is 16.5. The smallest absolute Gasteiger partial charge is 0.310 e. The van der Waals surface area contributed by atoms with Crippen LogP contribution in [0.2, 0.25) is 0 Å². The van der Waals surface area contributed by atoms with Crippen molar-refractivity contribution in [1.82, 2.24) is 10.2 Å². The Labute approximate surface area is 195 Å². The Kier molecular flexibility index (Phi) is 8.87. The Bertz CT molecular complexity index is 929. The van der Waals surface area contributed by atoms with Gasteiger partial charge in [-0.1, -0.05) is 42.5 Å².